The van der Waals surface area contributed by atoms with Gasteiger partial charge < -0.3 is 5.32 Å². The van der Waals surface area contributed by atoms with Gasteiger partial charge in [-0.3, -0.25) is 9.78 Å². The molecule has 126 valence electrons. The van der Waals surface area contributed by atoms with Crippen molar-refractivity contribution in [1.82, 2.24) is 10.3 Å². The molecule has 2 aromatic carbocycles. The number of rotatable bonds is 4. The fraction of sp³-hybridized carbons (Fsp3) is 0.182. The van der Waals surface area contributed by atoms with E-state index >= 15 is 0 Å². The highest BCUT2D eigenvalue weighted by atomic mass is 16.1. The van der Waals surface area contributed by atoms with Gasteiger partial charge in [-0.2, -0.15) is 0 Å². The maximum absolute atomic E-state index is 12.8. The second-order valence-corrected chi connectivity index (χ2v) is 6.42. The Morgan fingerprint density at radius 2 is 1.76 bits per heavy atom. The summed E-state index contributed by atoms with van der Waals surface area (Å²) in [7, 11) is 0. The number of amides is 1. The maximum atomic E-state index is 12.8. The summed E-state index contributed by atoms with van der Waals surface area (Å²) in [5, 5.41) is 3.18. The van der Waals surface area contributed by atoms with Gasteiger partial charge in [-0.1, -0.05) is 47.5 Å². The van der Waals surface area contributed by atoms with Gasteiger partial charge in [0, 0.05) is 18.0 Å². The number of hydrogen-bond donors (Lipinski definition) is 1. The minimum Gasteiger partial charge on any atom is -0.341 e. The average molecular weight is 330 g/mol. The highest BCUT2D eigenvalue weighted by Crippen LogP contribution is 2.26. The van der Waals surface area contributed by atoms with E-state index in [2.05, 4.69) is 42.3 Å². The van der Waals surface area contributed by atoms with E-state index in [1.807, 2.05) is 49.5 Å². The summed E-state index contributed by atoms with van der Waals surface area (Å²) in [6.45, 7) is 6.11. The van der Waals surface area contributed by atoms with E-state index in [1.54, 1.807) is 6.20 Å². The predicted octanol–water partition coefficient (Wildman–Crippen LogP) is 4.53. The molecule has 3 nitrogen and oxygen atoms in total. The molecular weight excluding hydrogens is 308 g/mol. The van der Waals surface area contributed by atoms with Crippen LogP contribution in [0.4, 0.5) is 0 Å². The molecule has 1 amide bonds. The standard InChI is InChI=1S/C22H22N2O/c1-15-6-4-7-18(12-15)22(25)24-21(19-8-5-11-23-14-19)20-13-16(2)9-10-17(20)3/h4-14,21H,1-3H3,(H,24,25)/t21-/m1/s1. The zero-order valence-corrected chi connectivity index (χ0v) is 14.8. The normalized spacial score (nSPS) is 11.8. The fourth-order valence-electron chi connectivity index (χ4n) is 2.96. The fourth-order valence-corrected chi connectivity index (χ4v) is 2.96. The Morgan fingerprint density at radius 3 is 2.48 bits per heavy atom. The number of nitrogens with zero attached hydrogens (tertiary/aromatic N) is 1. The zero-order valence-electron chi connectivity index (χ0n) is 14.8. The Balaban J connectivity index is 2.00. The Hall–Kier alpha value is -2.94. The van der Waals surface area contributed by atoms with Gasteiger partial charge in [-0.05, 0) is 55.7 Å². The Morgan fingerprint density at radius 1 is 0.960 bits per heavy atom. The van der Waals surface area contributed by atoms with E-state index in [0.29, 0.717) is 5.56 Å². The van der Waals surface area contributed by atoms with Crippen molar-refractivity contribution in [2.75, 3.05) is 0 Å². The number of carbonyl (C=O) groups excluding carboxylic acids is 1. The second-order valence-electron chi connectivity index (χ2n) is 6.42. The van der Waals surface area contributed by atoms with Gasteiger partial charge in [-0.25, -0.2) is 0 Å². The molecule has 1 atom stereocenters. The van der Waals surface area contributed by atoms with Crippen molar-refractivity contribution >= 4 is 5.91 Å². The molecular formula is C22H22N2O. The summed E-state index contributed by atoms with van der Waals surface area (Å²) in [6.07, 6.45) is 3.55. The molecule has 1 aromatic heterocycles. The molecule has 0 aliphatic rings. The Bertz CT molecular complexity index is 888. The molecule has 0 fully saturated rings. The summed E-state index contributed by atoms with van der Waals surface area (Å²) in [5.74, 6) is -0.0848. The van der Waals surface area contributed by atoms with Crippen LogP contribution in [0.1, 0.15) is 44.2 Å². The third-order valence-electron chi connectivity index (χ3n) is 4.32. The Kier molecular flexibility index (Phi) is 4.94. The van der Waals surface area contributed by atoms with E-state index in [-0.39, 0.29) is 11.9 Å². The minimum atomic E-state index is -0.235. The summed E-state index contributed by atoms with van der Waals surface area (Å²) < 4.78 is 0. The van der Waals surface area contributed by atoms with E-state index < -0.39 is 0 Å². The van der Waals surface area contributed by atoms with Crippen molar-refractivity contribution in [3.05, 3.63) is 100 Å². The van der Waals surface area contributed by atoms with E-state index in [9.17, 15) is 4.79 Å². The molecule has 0 aliphatic carbocycles. The van der Waals surface area contributed by atoms with Gasteiger partial charge in [0.1, 0.15) is 0 Å². The van der Waals surface area contributed by atoms with Crippen LogP contribution in [0.5, 0.6) is 0 Å². The van der Waals surface area contributed by atoms with Crippen LogP contribution >= 0.6 is 0 Å². The van der Waals surface area contributed by atoms with Crippen LogP contribution in [-0.4, -0.2) is 10.9 Å². The van der Waals surface area contributed by atoms with Crippen molar-refractivity contribution in [2.45, 2.75) is 26.8 Å². The molecule has 0 unspecified atom stereocenters. The van der Waals surface area contributed by atoms with Crippen LogP contribution in [0.25, 0.3) is 0 Å². The second kappa shape index (κ2) is 7.31. The highest BCUT2D eigenvalue weighted by Gasteiger charge is 2.20. The van der Waals surface area contributed by atoms with Crippen molar-refractivity contribution < 1.29 is 4.79 Å². The van der Waals surface area contributed by atoms with Crippen LogP contribution in [0.2, 0.25) is 0 Å². The first-order valence-corrected chi connectivity index (χ1v) is 8.39. The number of nitrogens with one attached hydrogen (secondary N) is 1. The van der Waals surface area contributed by atoms with Crippen LogP contribution in [-0.2, 0) is 0 Å². The summed E-state index contributed by atoms with van der Waals surface area (Å²) in [4.78, 5) is 17.0. The quantitative estimate of drug-likeness (QED) is 0.764. The lowest BCUT2D eigenvalue weighted by atomic mass is 9.94. The molecule has 0 bridgehead atoms. The van der Waals surface area contributed by atoms with Gasteiger partial charge in [0.25, 0.3) is 5.91 Å². The average Bonchev–Trinajstić information content (AvgIpc) is 2.62. The van der Waals surface area contributed by atoms with Crippen LogP contribution in [0, 0.1) is 20.8 Å². The molecule has 1 N–H and O–H groups in total. The van der Waals surface area contributed by atoms with Gasteiger partial charge >= 0.3 is 0 Å². The predicted molar refractivity (Wildman–Crippen MR) is 101 cm³/mol. The number of hydrogen-bond acceptors (Lipinski definition) is 2. The summed E-state index contributed by atoms with van der Waals surface area (Å²) in [6, 6.07) is 17.6. The van der Waals surface area contributed by atoms with E-state index in [4.69, 9.17) is 0 Å². The Labute approximate surface area is 148 Å². The first-order valence-electron chi connectivity index (χ1n) is 8.39. The number of aryl methyl sites for hydroxylation is 3. The topological polar surface area (TPSA) is 42.0 Å². The van der Waals surface area contributed by atoms with Gasteiger partial charge in [-0.15, -0.1) is 0 Å². The molecule has 0 spiro atoms. The molecule has 0 aliphatic heterocycles. The number of benzene rings is 2. The molecule has 3 aromatic rings. The van der Waals surface area contributed by atoms with Crippen molar-refractivity contribution in [3.63, 3.8) is 0 Å². The highest BCUT2D eigenvalue weighted by molar-refractivity contribution is 5.94. The molecule has 3 heteroatoms. The zero-order chi connectivity index (χ0) is 17.8. The summed E-state index contributed by atoms with van der Waals surface area (Å²) in [5.41, 5.74) is 6.10. The van der Waals surface area contributed by atoms with E-state index in [1.165, 1.54) is 5.56 Å². The first-order chi connectivity index (χ1) is 12.0. The smallest absolute Gasteiger partial charge is 0.252 e. The lowest BCUT2D eigenvalue weighted by Gasteiger charge is -2.22. The van der Waals surface area contributed by atoms with E-state index in [0.717, 1.165) is 22.3 Å². The molecule has 1 heterocycles. The largest absolute Gasteiger partial charge is 0.341 e. The van der Waals surface area contributed by atoms with Gasteiger partial charge in [0.2, 0.25) is 0 Å². The third-order valence-corrected chi connectivity index (χ3v) is 4.32. The number of aromatic nitrogens is 1. The molecule has 0 saturated carbocycles. The number of carbonyl (C=O) groups is 1. The molecule has 3 rings (SSSR count). The van der Waals surface area contributed by atoms with Crippen LogP contribution in [0.3, 0.4) is 0 Å². The van der Waals surface area contributed by atoms with Crippen molar-refractivity contribution in [2.24, 2.45) is 0 Å². The SMILES string of the molecule is Cc1cccc(C(=O)N[C@H](c2cccnc2)c2cc(C)ccc2C)c1. The molecule has 0 saturated heterocycles. The molecule has 25 heavy (non-hydrogen) atoms. The van der Waals surface area contributed by atoms with Gasteiger partial charge in [0.15, 0.2) is 0 Å². The lowest BCUT2D eigenvalue weighted by molar-refractivity contribution is 0.0943. The van der Waals surface area contributed by atoms with Crippen molar-refractivity contribution in [1.29, 1.82) is 0 Å². The first kappa shape index (κ1) is 16.9. The van der Waals surface area contributed by atoms with Crippen LogP contribution in [0.15, 0.2) is 67.0 Å². The molecule has 0 radical (unpaired) electrons. The summed E-state index contributed by atoms with van der Waals surface area (Å²) >= 11 is 0. The number of pyridine rings is 1. The lowest BCUT2D eigenvalue weighted by Crippen LogP contribution is -2.30. The minimum absolute atomic E-state index is 0.0848. The van der Waals surface area contributed by atoms with Crippen molar-refractivity contribution in [3.8, 4) is 0 Å². The monoisotopic (exact) mass is 330 g/mol. The van der Waals surface area contributed by atoms with Gasteiger partial charge in [0.05, 0.1) is 6.04 Å². The van der Waals surface area contributed by atoms with Crippen LogP contribution < -0.4 is 5.32 Å². The third kappa shape index (κ3) is 3.94. The maximum Gasteiger partial charge on any atom is 0.252 e.